The number of nitrogens with zero attached hydrogens (tertiary/aromatic N) is 1. The smallest absolute Gasteiger partial charge is 0.265 e. The molecule has 1 aliphatic heterocycles. The second kappa shape index (κ2) is 7.59. The maximum absolute atomic E-state index is 12.7. The van der Waals surface area contributed by atoms with Crippen molar-refractivity contribution in [1.82, 2.24) is 0 Å². The summed E-state index contributed by atoms with van der Waals surface area (Å²) in [7, 11) is -3.46. The van der Waals surface area contributed by atoms with Crippen LogP contribution in [0.2, 0.25) is 0 Å². The van der Waals surface area contributed by atoms with Crippen LogP contribution in [0.15, 0.2) is 53.4 Å². The van der Waals surface area contributed by atoms with Crippen molar-refractivity contribution in [2.45, 2.75) is 17.4 Å². The van der Waals surface area contributed by atoms with Gasteiger partial charge in [-0.1, -0.05) is 24.3 Å². The number of carbonyl (C=O) groups is 1. The van der Waals surface area contributed by atoms with Gasteiger partial charge in [0, 0.05) is 17.9 Å². The summed E-state index contributed by atoms with van der Waals surface area (Å²) in [4.78, 5) is 13.7. The minimum absolute atomic E-state index is 0.179. The molecule has 0 fully saturated rings. The Morgan fingerprint density at radius 2 is 1.88 bits per heavy atom. The lowest BCUT2D eigenvalue weighted by Gasteiger charge is -2.20. The molecular formula is C18H20N2O4S2. The monoisotopic (exact) mass is 392 g/mol. The molecular weight excluding hydrogens is 372 g/mol. The molecule has 1 N–H and O–H groups in total. The van der Waals surface area contributed by atoms with Gasteiger partial charge in [0.25, 0.3) is 5.91 Å². The highest BCUT2D eigenvalue weighted by molar-refractivity contribution is 7.98. The maximum atomic E-state index is 12.7. The summed E-state index contributed by atoms with van der Waals surface area (Å²) >= 11 is 1.54. The van der Waals surface area contributed by atoms with E-state index in [4.69, 9.17) is 4.74 Å². The first-order valence-corrected chi connectivity index (χ1v) is 11.1. The third-order valence-corrected chi connectivity index (χ3v) is 6.03. The van der Waals surface area contributed by atoms with E-state index in [9.17, 15) is 13.2 Å². The summed E-state index contributed by atoms with van der Waals surface area (Å²) in [5.74, 6) is 0.0883. The van der Waals surface area contributed by atoms with Gasteiger partial charge in [-0.2, -0.15) is 0 Å². The average Bonchev–Trinajstić information content (AvgIpc) is 2.81. The number of rotatable bonds is 4. The van der Waals surface area contributed by atoms with Crippen LogP contribution in [-0.4, -0.2) is 39.5 Å². The molecule has 0 saturated carbocycles. The predicted molar refractivity (Wildman–Crippen MR) is 105 cm³/mol. The topological polar surface area (TPSA) is 75.7 Å². The molecule has 1 unspecified atom stereocenters. The van der Waals surface area contributed by atoms with Crippen molar-refractivity contribution in [3.63, 3.8) is 0 Å². The average molecular weight is 393 g/mol. The van der Waals surface area contributed by atoms with Gasteiger partial charge in [-0.05, 0) is 30.5 Å². The molecule has 2 aromatic carbocycles. The number of carbonyl (C=O) groups excluding carboxylic acids is 1. The molecule has 2 aromatic rings. The molecule has 6 nitrogen and oxygen atoms in total. The Kier molecular flexibility index (Phi) is 5.43. The number of fused-ring (bicyclic) bond motifs is 1. The van der Waals surface area contributed by atoms with Crippen LogP contribution in [0.1, 0.15) is 6.42 Å². The zero-order chi connectivity index (χ0) is 18.7. The van der Waals surface area contributed by atoms with Crippen LogP contribution >= 0.6 is 11.8 Å². The fraction of sp³-hybridized carbons (Fsp3) is 0.278. The number of hydrogen-bond donors (Lipinski definition) is 1. The zero-order valence-corrected chi connectivity index (χ0v) is 16.1. The summed E-state index contributed by atoms with van der Waals surface area (Å²) in [6.07, 6.45) is 2.57. The van der Waals surface area contributed by atoms with Crippen LogP contribution in [0.4, 0.5) is 11.4 Å². The van der Waals surface area contributed by atoms with Gasteiger partial charge in [-0.25, -0.2) is 8.42 Å². The number of hydrogen-bond acceptors (Lipinski definition) is 5. The molecule has 1 aliphatic rings. The van der Waals surface area contributed by atoms with Crippen molar-refractivity contribution in [1.29, 1.82) is 0 Å². The molecule has 0 aromatic heterocycles. The van der Waals surface area contributed by atoms with Gasteiger partial charge in [0.05, 0.1) is 17.6 Å². The standard InChI is InChI=1S/C18H20N2O4S2/c1-25-17-10-6-3-7-13(17)19-18(21)16-11-12-20(26(2,22)23)14-8-4-5-9-15(14)24-16/h3-10,16H,11-12H2,1-2H3,(H,19,21). The molecule has 26 heavy (non-hydrogen) atoms. The van der Waals surface area contributed by atoms with Crippen molar-refractivity contribution >= 4 is 39.1 Å². The number of anilines is 2. The highest BCUT2D eigenvalue weighted by Crippen LogP contribution is 2.34. The third kappa shape index (κ3) is 3.96. The summed E-state index contributed by atoms with van der Waals surface area (Å²) in [5, 5.41) is 2.89. The van der Waals surface area contributed by atoms with E-state index in [1.165, 1.54) is 16.1 Å². The van der Waals surface area contributed by atoms with Gasteiger partial charge in [0.1, 0.15) is 5.75 Å². The van der Waals surface area contributed by atoms with E-state index >= 15 is 0 Å². The molecule has 0 bridgehead atoms. The minimum atomic E-state index is -3.46. The Morgan fingerprint density at radius 1 is 1.19 bits per heavy atom. The maximum Gasteiger partial charge on any atom is 0.265 e. The quantitative estimate of drug-likeness (QED) is 0.810. The lowest BCUT2D eigenvalue weighted by molar-refractivity contribution is -0.122. The molecule has 1 heterocycles. The summed E-state index contributed by atoms with van der Waals surface area (Å²) in [5.41, 5.74) is 1.17. The summed E-state index contributed by atoms with van der Waals surface area (Å²) < 4.78 is 31.4. The van der Waals surface area contributed by atoms with Gasteiger partial charge in [-0.15, -0.1) is 11.8 Å². The first-order valence-electron chi connectivity index (χ1n) is 8.07. The van der Waals surface area contributed by atoms with E-state index in [0.29, 0.717) is 17.1 Å². The first-order chi connectivity index (χ1) is 12.4. The number of amides is 1. The highest BCUT2D eigenvalue weighted by atomic mass is 32.2. The third-order valence-electron chi connectivity index (χ3n) is 4.06. The van der Waals surface area contributed by atoms with Crippen LogP contribution in [0.5, 0.6) is 5.75 Å². The summed E-state index contributed by atoms with van der Waals surface area (Å²) in [6, 6.07) is 14.4. The van der Waals surface area contributed by atoms with Crippen molar-refractivity contribution < 1.29 is 17.9 Å². The predicted octanol–water partition coefficient (Wildman–Crippen LogP) is 2.96. The lowest BCUT2D eigenvalue weighted by Crippen LogP contribution is -2.36. The molecule has 1 amide bonds. The zero-order valence-electron chi connectivity index (χ0n) is 14.5. The second-order valence-corrected chi connectivity index (χ2v) is 8.64. The van der Waals surface area contributed by atoms with Crippen LogP contribution in [0.3, 0.4) is 0 Å². The van der Waals surface area contributed by atoms with Gasteiger partial charge >= 0.3 is 0 Å². The van der Waals surface area contributed by atoms with Gasteiger partial charge in [-0.3, -0.25) is 9.10 Å². The molecule has 0 saturated heterocycles. The van der Waals surface area contributed by atoms with Crippen molar-refractivity contribution in [2.75, 3.05) is 28.7 Å². The Hall–Kier alpha value is -2.19. The highest BCUT2D eigenvalue weighted by Gasteiger charge is 2.31. The SMILES string of the molecule is CSc1ccccc1NC(=O)C1CCN(S(C)(=O)=O)c2ccccc2O1. The Balaban J connectivity index is 1.86. The summed E-state index contributed by atoms with van der Waals surface area (Å²) in [6.45, 7) is 0.179. The Bertz CT molecular complexity index is 915. The van der Waals surface area contributed by atoms with E-state index in [2.05, 4.69) is 5.32 Å². The molecule has 8 heteroatoms. The number of benzene rings is 2. The van der Waals surface area contributed by atoms with E-state index < -0.39 is 16.1 Å². The minimum Gasteiger partial charge on any atom is -0.478 e. The van der Waals surface area contributed by atoms with Crippen molar-refractivity contribution in [2.24, 2.45) is 0 Å². The molecule has 0 radical (unpaired) electrons. The van der Waals surface area contributed by atoms with Gasteiger partial charge in [0.15, 0.2) is 6.10 Å². The molecule has 0 spiro atoms. The number of para-hydroxylation sites is 3. The largest absolute Gasteiger partial charge is 0.478 e. The molecule has 1 atom stereocenters. The first kappa shape index (κ1) is 18.6. The number of nitrogens with one attached hydrogen (secondary N) is 1. The van der Waals surface area contributed by atoms with Crippen LogP contribution in [0, 0.1) is 0 Å². The van der Waals surface area contributed by atoms with Crippen molar-refractivity contribution in [3.8, 4) is 5.75 Å². The Labute approximate surface area is 157 Å². The normalized spacial score (nSPS) is 17.0. The number of sulfonamides is 1. The Morgan fingerprint density at radius 3 is 2.62 bits per heavy atom. The van der Waals surface area contributed by atoms with E-state index in [0.717, 1.165) is 11.2 Å². The van der Waals surface area contributed by atoms with Gasteiger partial charge in [0.2, 0.25) is 10.0 Å². The van der Waals surface area contributed by atoms with E-state index in [1.807, 2.05) is 30.5 Å². The fourth-order valence-corrected chi connectivity index (χ4v) is 4.32. The number of ether oxygens (including phenoxy) is 1. The molecule has 3 rings (SSSR count). The van der Waals surface area contributed by atoms with Crippen LogP contribution in [-0.2, 0) is 14.8 Å². The fourth-order valence-electron chi connectivity index (χ4n) is 2.82. The lowest BCUT2D eigenvalue weighted by atomic mass is 10.2. The molecule has 0 aliphatic carbocycles. The van der Waals surface area contributed by atoms with Crippen molar-refractivity contribution in [3.05, 3.63) is 48.5 Å². The van der Waals surface area contributed by atoms with Gasteiger partial charge < -0.3 is 10.1 Å². The number of thioether (sulfide) groups is 1. The van der Waals surface area contributed by atoms with Crippen LogP contribution < -0.4 is 14.4 Å². The van der Waals surface area contributed by atoms with Crippen LogP contribution in [0.25, 0.3) is 0 Å². The van der Waals surface area contributed by atoms with E-state index in [1.54, 1.807) is 24.3 Å². The second-order valence-electron chi connectivity index (χ2n) is 5.89. The van der Waals surface area contributed by atoms with E-state index in [-0.39, 0.29) is 18.9 Å². The molecule has 138 valence electrons.